The van der Waals surface area contributed by atoms with E-state index < -0.39 is 191 Å². The second-order valence-corrected chi connectivity index (χ2v) is 15.8. The van der Waals surface area contributed by atoms with Gasteiger partial charge in [0.2, 0.25) is 6.29 Å². The number of ether oxygens (including phenoxy) is 10. The largest absolute Gasteiger partial charge is 0.462 e. The summed E-state index contributed by atoms with van der Waals surface area (Å²) in [5.74, 6) is -0.0196. The third kappa shape index (κ3) is 10.8. The number of hydrogen-bond acceptors (Lipinski definition) is 28. The van der Waals surface area contributed by atoms with Gasteiger partial charge in [-0.3, -0.25) is 10.1 Å². The van der Waals surface area contributed by atoms with Crippen LogP contribution in [0.5, 0.6) is 5.75 Å². The Morgan fingerprint density at radius 1 is 0.400 bits per heavy atom. The first-order valence-corrected chi connectivity index (χ1v) is 20.2. The summed E-state index contributed by atoms with van der Waals surface area (Å²) in [6.45, 7) is -4.63. The van der Waals surface area contributed by atoms with Gasteiger partial charge in [-0.25, -0.2) is 0 Å². The van der Waals surface area contributed by atoms with E-state index in [-0.39, 0.29) is 11.4 Å². The zero-order chi connectivity index (χ0) is 47.6. The average Bonchev–Trinajstić information content (AvgIpc) is 3.30. The molecule has 29 heteroatoms. The normalized spacial score (nSPS) is 47.3. The fourth-order valence-corrected chi connectivity index (χ4v) is 7.90. The number of nitro benzene ring substituents is 1. The summed E-state index contributed by atoms with van der Waals surface area (Å²) in [7, 11) is 0. The summed E-state index contributed by atoms with van der Waals surface area (Å²) in [4.78, 5) is 10.3. The summed E-state index contributed by atoms with van der Waals surface area (Å²) < 4.78 is 55.6. The van der Waals surface area contributed by atoms with Crippen molar-refractivity contribution in [2.45, 2.75) is 154 Å². The van der Waals surface area contributed by atoms with Crippen molar-refractivity contribution < 1.29 is 134 Å². The van der Waals surface area contributed by atoms with Gasteiger partial charge in [-0.05, 0) is 12.1 Å². The number of non-ortho nitro benzene ring substituents is 1. The van der Waals surface area contributed by atoms with Gasteiger partial charge >= 0.3 is 0 Å². The predicted molar refractivity (Wildman–Crippen MR) is 198 cm³/mol. The van der Waals surface area contributed by atoms with Gasteiger partial charge in [0.1, 0.15) is 128 Å². The molecule has 16 N–H and O–H groups in total. The van der Waals surface area contributed by atoms with E-state index in [1.165, 1.54) is 12.1 Å². The molecule has 5 saturated heterocycles. The Morgan fingerprint density at radius 2 is 0.677 bits per heavy atom. The summed E-state index contributed by atoms with van der Waals surface area (Å²) in [5, 5.41) is 180. The maximum atomic E-state index is 11.2. The molecule has 0 unspecified atom stereocenters. The molecule has 5 heterocycles. The SMILES string of the molecule is O=[N+]([O-])c1ccc(O[C@H]2O[C@H](CO)[C@@H](O[C@H]3O[C@H](CO)[C@@H](O[C@H]4O[C@H](CO)[C@@H](O[C@H]5O[C@H](CO)[C@@H](O[C@H]6O[C@H](CO)[C@@H](O)[C@H](O)[C@H]6O)[C@H](O)[C@H]5O)[C@H](O)[C@H]4O)[C@H](O)[C@H]3O)[C@H](O)[C@H]2O)cc1. The molecular formula is C36H55NO28. The molecule has 0 spiro atoms. The lowest BCUT2D eigenvalue weighted by atomic mass is 9.95. The minimum absolute atomic E-state index is 0.0196. The zero-order valence-corrected chi connectivity index (χ0v) is 33.8. The van der Waals surface area contributed by atoms with Crippen molar-refractivity contribution in [1.82, 2.24) is 0 Å². The highest BCUT2D eigenvalue weighted by atomic mass is 16.8. The minimum Gasteiger partial charge on any atom is -0.462 e. The Bertz CT molecular complexity index is 1640. The van der Waals surface area contributed by atoms with Crippen LogP contribution in [0.25, 0.3) is 0 Å². The Hall–Kier alpha value is -2.58. The zero-order valence-electron chi connectivity index (χ0n) is 33.8. The van der Waals surface area contributed by atoms with Crippen LogP contribution in [0.15, 0.2) is 24.3 Å². The third-order valence-electron chi connectivity index (χ3n) is 11.6. The molecule has 5 fully saturated rings. The first kappa shape index (κ1) is 51.8. The first-order chi connectivity index (χ1) is 30.9. The van der Waals surface area contributed by atoms with Crippen molar-refractivity contribution in [2.75, 3.05) is 33.0 Å². The van der Waals surface area contributed by atoms with Gasteiger partial charge < -0.3 is 129 Å². The summed E-state index contributed by atoms with van der Waals surface area (Å²) in [5.41, 5.74) is -0.267. The molecule has 0 aliphatic carbocycles. The Kier molecular flexibility index (Phi) is 17.7. The maximum absolute atomic E-state index is 11.2. The molecule has 5 aliphatic rings. The lowest BCUT2D eigenvalue weighted by Gasteiger charge is -2.49. The van der Waals surface area contributed by atoms with E-state index >= 15 is 0 Å². The van der Waals surface area contributed by atoms with Crippen LogP contribution in [-0.2, 0) is 42.6 Å². The van der Waals surface area contributed by atoms with Crippen LogP contribution in [0.2, 0.25) is 0 Å². The van der Waals surface area contributed by atoms with Gasteiger partial charge in [0.05, 0.1) is 38.0 Å². The molecule has 0 saturated carbocycles. The molecule has 0 radical (unpaired) electrons. The molecule has 0 aromatic heterocycles. The van der Waals surface area contributed by atoms with Crippen molar-refractivity contribution in [3.8, 4) is 5.75 Å². The van der Waals surface area contributed by atoms with E-state index in [0.29, 0.717) is 0 Å². The number of hydrogen-bond donors (Lipinski definition) is 16. The monoisotopic (exact) mass is 949 g/mol. The van der Waals surface area contributed by atoms with Crippen LogP contribution in [0.1, 0.15) is 0 Å². The fraction of sp³-hybridized carbons (Fsp3) is 0.833. The highest BCUT2D eigenvalue weighted by Crippen LogP contribution is 2.36. The van der Waals surface area contributed by atoms with Crippen LogP contribution < -0.4 is 4.74 Å². The Morgan fingerprint density at radius 3 is 0.985 bits per heavy atom. The van der Waals surface area contributed by atoms with Gasteiger partial charge in [-0.1, -0.05) is 0 Å². The van der Waals surface area contributed by atoms with Crippen LogP contribution in [-0.4, -0.2) is 273 Å². The predicted octanol–water partition coefficient (Wildman–Crippen LogP) is -9.93. The molecule has 1 aromatic carbocycles. The molecule has 29 nitrogen and oxygen atoms in total. The summed E-state index contributed by atoms with van der Waals surface area (Å²) in [6, 6.07) is 4.59. The van der Waals surface area contributed by atoms with E-state index in [0.717, 1.165) is 12.1 Å². The van der Waals surface area contributed by atoms with Crippen LogP contribution in [0.3, 0.4) is 0 Å². The second kappa shape index (κ2) is 22.2. The number of nitro groups is 1. The number of aliphatic hydroxyl groups is 16. The number of nitrogens with zero attached hydrogens (tertiary/aromatic N) is 1. The second-order valence-electron chi connectivity index (χ2n) is 15.8. The van der Waals surface area contributed by atoms with E-state index in [9.17, 15) is 91.8 Å². The van der Waals surface area contributed by atoms with Crippen molar-refractivity contribution in [2.24, 2.45) is 0 Å². The lowest BCUT2D eigenvalue weighted by Crippen LogP contribution is -2.68. The van der Waals surface area contributed by atoms with E-state index in [1.54, 1.807) is 0 Å². The summed E-state index contributed by atoms with van der Waals surface area (Å²) in [6.07, 6.45) is -46.2. The molecule has 372 valence electrons. The molecular weight excluding hydrogens is 894 g/mol. The van der Waals surface area contributed by atoms with Gasteiger partial charge in [0, 0.05) is 12.1 Å². The fourth-order valence-electron chi connectivity index (χ4n) is 7.90. The topological polar surface area (TPSA) is 459 Å². The highest BCUT2D eigenvalue weighted by Gasteiger charge is 2.56. The minimum atomic E-state index is -2.15. The van der Waals surface area contributed by atoms with Crippen molar-refractivity contribution >= 4 is 5.69 Å². The van der Waals surface area contributed by atoms with Crippen molar-refractivity contribution in [1.29, 1.82) is 0 Å². The number of benzene rings is 1. The van der Waals surface area contributed by atoms with Crippen LogP contribution >= 0.6 is 0 Å². The molecule has 25 atom stereocenters. The van der Waals surface area contributed by atoms with Crippen molar-refractivity contribution in [3.63, 3.8) is 0 Å². The number of aliphatic hydroxyl groups excluding tert-OH is 16. The molecule has 0 bridgehead atoms. The highest BCUT2D eigenvalue weighted by molar-refractivity contribution is 5.36. The van der Waals surface area contributed by atoms with Gasteiger partial charge in [0.25, 0.3) is 5.69 Å². The quantitative estimate of drug-likeness (QED) is 0.0540. The van der Waals surface area contributed by atoms with Gasteiger partial charge in [-0.15, -0.1) is 0 Å². The molecule has 65 heavy (non-hydrogen) atoms. The van der Waals surface area contributed by atoms with E-state index in [4.69, 9.17) is 47.4 Å². The molecule has 1 aromatic rings. The van der Waals surface area contributed by atoms with E-state index in [2.05, 4.69) is 0 Å². The van der Waals surface area contributed by atoms with Crippen LogP contribution in [0.4, 0.5) is 5.69 Å². The first-order valence-electron chi connectivity index (χ1n) is 20.2. The van der Waals surface area contributed by atoms with Crippen molar-refractivity contribution in [3.05, 3.63) is 34.4 Å². The van der Waals surface area contributed by atoms with Gasteiger partial charge in [0.15, 0.2) is 25.2 Å². The standard InChI is InChI=1S/C36H55NO28/c38-5-12-17(43)18(44)23(49)33(57-12)62-29-14(7-40)59-35(25(51)20(29)46)64-31-16(9-42)61-36(27(53)22(31)48)65-30-15(8-41)60-34(26(52)21(30)47)63-28-13(6-39)58-32(24(50)19(28)45)56-11-3-1-10(2-4-11)37(54)55/h1-4,12-36,38-53H,5-9H2/t12-,13-,14-,15-,16-,17-,18+,19-,20-,21-,22-,23-,24-,25-,26-,27-,28-,29-,30-,31-,32+,33-,34-,35-,36-/m1/s1. The molecule has 0 amide bonds. The third-order valence-corrected chi connectivity index (χ3v) is 11.6. The Labute approximate surface area is 366 Å². The smallest absolute Gasteiger partial charge is 0.269 e. The van der Waals surface area contributed by atoms with Crippen LogP contribution in [0, 0.1) is 10.1 Å². The Balaban J connectivity index is 1.07. The summed E-state index contributed by atoms with van der Waals surface area (Å²) >= 11 is 0. The van der Waals surface area contributed by atoms with Gasteiger partial charge in [-0.2, -0.15) is 0 Å². The molecule has 5 aliphatic heterocycles. The van der Waals surface area contributed by atoms with E-state index in [1.807, 2.05) is 0 Å². The molecule has 6 rings (SSSR count). The maximum Gasteiger partial charge on any atom is 0.269 e. The average molecular weight is 950 g/mol. The number of rotatable bonds is 16. The lowest BCUT2D eigenvalue weighted by molar-refractivity contribution is -0.392.